The summed E-state index contributed by atoms with van der Waals surface area (Å²) in [6, 6.07) is 6.42. The van der Waals surface area contributed by atoms with Gasteiger partial charge >= 0.3 is 0 Å². The van der Waals surface area contributed by atoms with Gasteiger partial charge < -0.3 is 5.32 Å². The SMILES string of the molecule is C=CC(NCCC)c1ccc(Br)cc1Br. The second-order valence-corrected chi connectivity index (χ2v) is 5.10. The molecule has 0 fully saturated rings. The molecule has 1 aromatic carbocycles. The van der Waals surface area contributed by atoms with Crippen LogP contribution < -0.4 is 5.32 Å². The number of rotatable bonds is 5. The lowest BCUT2D eigenvalue weighted by Crippen LogP contribution is -2.20. The summed E-state index contributed by atoms with van der Waals surface area (Å²) in [5.74, 6) is 0. The maximum Gasteiger partial charge on any atom is 0.0514 e. The van der Waals surface area contributed by atoms with E-state index in [1.165, 1.54) is 5.56 Å². The molecule has 82 valence electrons. The Morgan fingerprint density at radius 3 is 2.73 bits per heavy atom. The molecule has 0 heterocycles. The van der Waals surface area contributed by atoms with Gasteiger partial charge in [-0.1, -0.05) is 50.9 Å². The van der Waals surface area contributed by atoms with Crippen LogP contribution in [0.4, 0.5) is 0 Å². The summed E-state index contributed by atoms with van der Waals surface area (Å²) >= 11 is 7.01. The van der Waals surface area contributed by atoms with Gasteiger partial charge in [0.25, 0.3) is 0 Å². The molecule has 0 aliphatic rings. The van der Waals surface area contributed by atoms with Gasteiger partial charge in [0.05, 0.1) is 6.04 Å². The van der Waals surface area contributed by atoms with Crippen LogP contribution in [0.1, 0.15) is 24.9 Å². The molecule has 0 spiro atoms. The average Bonchev–Trinajstić information content (AvgIpc) is 2.21. The maximum absolute atomic E-state index is 3.86. The molecule has 1 nitrogen and oxygen atoms in total. The van der Waals surface area contributed by atoms with Crippen LogP contribution in [0.2, 0.25) is 0 Å². The van der Waals surface area contributed by atoms with Crippen molar-refractivity contribution in [2.24, 2.45) is 0 Å². The van der Waals surface area contributed by atoms with E-state index in [-0.39, 0.29) is 6.04 Å². The molecule has 0 amide bonds. The summed E-state index contributed by atoms with van der Waals surface area (Å²) in [4.78, 5) is 0. The first-order valence-electron chi connectivity index (χ1n) is 5.00. The van der Waals surface area contributed by atoms with Crippen molar-refractivity contribution in [2.75, 3.05) is 6.54 Å². The highest BCUT2D eigenvalue weighted by Crippen LogP contribution is 2.27. The Kier molecular flexibility index (Phi) is 5.58. The highest BCUT2D eigenvalue weighted by Gasteiger charge is 2.09. The molecular weight excluding hydrogens is 318 g/mol. The van der Waals surface area contributed by atoms with E-state index in [0.717, 1.165) is 21.9 Å². The predicted molar refractivity (Wildman–Crippen MR) is 73.1 cm³/mol. The normalized spacial score (nSPS) is 12.5. The minimum Gasteiger partial charge on any atom is -0.307 e. The van der Waals surface area contributed by atoms with E-state index in [1.54, 1.807) is 0 Å². The summed E-state index contributed by atoms with van der Waals surface area (Å²) in [5, 5.41) is 3.43. The van der Waals surface area contributed by atoms with Gasteiger partial charge in [0.2, 0.25) is 0 Å². The lowest BCUT2D eigenvalue weighted by atomic mass is 10.1. The molecule has 0 radical (unpaired) electrons. The van der Waals surface area contributed by atoms with Crippen molar-refractivity contribution in [3.63, 3.8) is 0 Å². The topological polar surface area (TPSA) is 12.0 Å². The van der Waals surface area contributed by atoms with Crippen molar-refractivity contribution in [3.05, 3.63) is 45.4 Å². The van der Waals surface area contributed by atoms with Crippen molar-refractivity contribution in [2.45, 2.75) is 19.4 Å². The zero-order valence-corrected chi connectivity index (χ0v) is 11.9. The first-order chi connectivity index (χ1) is 7.19. The van der Waals surface area contributed by atoms with Crippen LogP contribution in [0.25, 0.3) is 0 Å². The molecule has 1 aromatic rings. The summed E-state index contributed by atoms with van der Waals surface area (Å²) < 4.78 is 2.18. The first kappa shape index (κ1) is 12.9. The van der Waals surface area contributed by atoms with E-state index in [0.29, 0.717) is 0 Å². The minimum atomic E-state index is 0.215. The lowest BCUT2D eigenvalue weighted by Gasteiger charge is -2.16. The van der Waals surface area contributed by atoms with Crippen LogP contribution in [0.3, 0.4) is 0 Å². The maximum atomic E-state index is 3.86. The van der Waals surface area contributed by atoms with Gasteiger partial charge in [-0.05, 0) is 30.7 Å². The molecule has 0 bridgehead atoms. The molecule has 0 saturated carbocycles. The summed E-state index contributed by atoms with van der Waals surface area (Å²) in [5.41, 5.74) is 1.22. The minimum absolute atomic E-state index is 0.215. The van der Waals surface area contributed by atoms with Crippen LogP contribution in [-0.4, -0.2) is 6.54 Å². The summed E-state index contributed by atoms with van der Waals surface area (Å²) in [6.45, 7) is 7.01. The molecule has 1 atom stereocenters. The summed E-state index contributed by atoms with van der Waals surface area (Å²) in [6.07, 6.45) is 3.06. The van der Waals surface area contributed by atoms with Crippen molar-refractivity contribution in [3.8, 4) is 0 Å². The Hall–Kier alpha value is -0.120. The predicted octanol–water partition coefficient (Wildman–Crippen LogP) is 4.44. The van der Waals surface area contributed by atoms with Crippen molar-refractivity contribution >= 4 is 31.9 Å². The third-order valence-corrected chi connectivity index (χ3v) is 3.33. The van der Waals surface area contributed by atoms with E-state index in [9.17, 15) is 0 Å². The molecule has 0 saturated heterocycles. The quantitative estimate of drug-likeness (QED) is 0.786. The van der Waals surface area contributed by atoms with Crippen LogP contribution >= 0.6 is 31.9 Å². The van der Waals surface area contributed by atoms with E-state index in [2.05, 4.69) is 62.8 Å². The highest BCUT2D eigenvalue weighted by atomic mass is 79.9. The fourth-order valence-corrected chi connectivity index (χ4v) is 2.67. The van der Waals surface area contributed by atoms with E-state index < -0.39 is 0 Å². The van der Waals surface area contributed by atoms with Gasteiger partial charge in [0.1, 0.15) is 0 Å². The molecule has 1 rings (SSSR count). The van der Waals surface area contributed by atoms with Crippen LogP contribution in [0.15, 0.2) is 39.8 Å². The molecule has 1 unspecified atom stereocenters. The van der Waals surface area contributed by atoms with Crippen molar-refractivity contribution in [1.29, 1.82) is 0 Å². The summed E-state index contributed by atoms with van der Waals surface area (Å²) in [7, 11) is 0. The second kappa shape index (κ2) is 6.46. The van der Waals surface area contributed by atoms with Crippen LogP contribution in [-0.2, 0) is 0 Å². The molecule has 0 aromatic heterocycles. The van der Waals surface area contributed by atoms with Gasteiger partial charge in [0.15, 0.2) is 0 Å². The van der Waals surface area contributed by atoms with E-state index >= 15 is 0 Å². The number of halogens is 2. The number of hydrogen-bond acceptors (Lipinski definition) is 1. The standard InChI is InChI=1S/C12H15Br2N/c1-3-7-15-12(4-2)10-6-5-9(13)8-11(10)14/h4-6,8,12,15H,2-3,7H2,1H3. The Balaban J connectivity index is 2.86. The van der Waals surface area contributed by atoms with Crippen LogP contribution in [0, 0.1) is 0 Å². The number of nitrogens with one attached hydrogen (secondary N) is 1. The van der Waals surface area contributed by atoms with Gasteiger partial charge in [0, 0.05) is 8.95 Å². The second-order valence-electron chi connectivity index (χ2n) is 3.33. The fourth-order valence-electron chi connectivity index (χ4n) is 1.37. The van der Waals surface area contributed by atoms with Crippen molar-refractivity contribution < 1.29 is 0 Å². The third kappa shape index (κ3) is 3.74. The molecule has 0 aliphatic carbocycles. The Labute approximate surface area is 108 Å². The molecular formula is C12H15Br2N. The number of hydrogen-bond donors (Lipinski definition) is 1. The zero-order chi connectivity index (χ0) is 11.3. The number of benzene rings is 1. The highest BCUT2D eigenvalue weighted by molar-refractivity contribution is 9.11. The van der Waals surface area contributed by atoms with Gasteiger partial charge in [-0.15, -0.1) is 6.58 Å². The van der Waals surface area contributed by atoms with Gasteiger partial charge in [-0.2, -0.15) is 0 Å². The zero-order valence-electron chi connectivity index (χ0n) is 8.76. The smallest absolute Gasteiger partial charge is 0.0514 e. The van der Waals surface area contributed by atoms with Gasteiger partial charge in [-0.3, -0.25) is 0 Å². The van der Waals surface area contributed by atoms with Crippen LogP contribution in [0.5, 0.6) is 0 Å². The van der Waals surface area contributed by atoms with E-state index in [4.69, 9.17) is 0 Å². The average molecular weight is 333 g/mol. The molecule has 15 heavy (non-hydrogen) atoms. The first-order valence-corrected chi connectivity index (χ1v) is 6.58. The van der Waals surface area contributed by atoms with Crippen molar-refractivity contribution in [1.82, 2.24) is 5.32 Å². The monoisotopic (exact) mass is 331 g/mol. The Bertz CT molecular complexity index is 336. The molecule has 0 aliphatic heterocycles. The van der Waals surface area contributed by atoms with E-state index in [1.807, 2.05) is 12.1 Å². The molecule has 3 heteroatoms. The largest absolute Gasteiger partial charge is 0.307 e. The third-order valence-electron chi connectivity index (χ3n) is 2.15. The Morgan fingerprint density at radius 1 is 1.47 bits per heavy atom. The van der Waals surface area contributed by atoms with Gasteiger partial charge in [-0.25, -0.2) is 0 Å². The fraction of sp³-hybridized carbons (Fsp3) is 0.333. The lowest BCUT2D eigenvalue weighted by molar-refractivity contribution is 0.612. The molecule has 1 N–H and O–H groups in total. The Morgan fingerprint density at radius 2 is 2.20 bits per heavy atom.